The molecule has 0 amide bonds. The van der Waals surface area contributed by atoms with Crippen LogP contribution in [-0.4, -0.2) is 35.2 Å². The smallest absolute Gasteiger partial charge is 0.222 e. The van der Waals surface area contributed by atoms with Crippen LogP contribution in [0.2, 0.25) is 0 Å². The fraction of sp³-hybridized carbons (Fsp3) is 0.667. The number of rotatable bonds is 4. The van der Waals surface area contributed by atoms with Crippen LogP contribution in [0.25, 0.3) is 0 Å². The molecule has 1 aromatic heterocycles. The standard InChI is InChI=1S/C12H21N5O/c1-8(2)18-7-10-5-11(16-12(14)15-10)17-4-3-9(13)6-17/h5,8-9H,3-4,6-7,13H2,1-2H3,(H2,14,15,16)/t9-/m1/s1. The summed E-state index contributed by atoms with van der Waals surface area (Å²) in [6.07, 6.45) is 1.16. The SMILES string of the molecule is CC(C)OCc1cc(N2CC[C@@H](N)C2)nc(N)n1. The molecule has 0 aliphatic carbocycles. The molecule has 1 atom stereocenters. The van der Waals surface area contributed by atoms with E-state index in [0.717, 1.165) is 31.0 Å². The lowest BCUT2D eigenvalue weighted by atomic mass is 10.3. The van der Waals surface area contributed by atoms with Crippen LogP contribution in [0.4, 0.5) is 11.8 Å². The van der Waals surface area contributed by atoms with Crippen LogP contribution < -0.4 is 16.4 Å². The summed E-state index contributed by atoms with van der Waals surface area (Å²) >= 11 is 0. The zero-order chi connectivity index (χ0) is 13.1. The largest absolute Gasteiger partial charge is 0.373 e. The van der Waals surface area contributed by atoms with Gasteiger partial charge in [0.05, 0.1) is 18.4 Å². The van der Waals surface area contributed by atoms with Crippen molar-refractivity contribution >= 4 is 11.8 Å². The number of hydrogen-bond acceptors (Lipinski definition) is 6. The Hall–Kier alpha value is -1.40. The van der Waals surface area contributed by atoms with Crippen molar-refractivity contribution < 1.29 is 4.74 Å². The van der Waals surface area contributed by atoms with E-state index in [9.17, 15) is 0 Å². The highest BCUT2D eigenvalue weighted by Crippen LogP contribution is 2.19. The Kier molecular flexibility index (Phi) is 3.98. The van der Waals surface area contributed by atoms with Gasteiger partial charge in [0.15, 0.2) is 0 Å². The minimum Gasteiger partial charge on any atom is -0.373 e. The summed E-state index contributed by atoms with van der Waals surface area (Å²) in [6.45, 7) is 6.18. The molecule has 0 spiro atoms. The fourth-order valence-corrected chi connectivity index (χ4v) is 1.99. The van der Waals surface area contributed by atoms with Crippen molar-refractivity contribution in [3.8, 4) is 0 Å². The topological polar surface area (TPSA) is 90.3 Å². The Balaban J connectivity index is 2.11. The van der Waals surface area contributed by atoms with Gasteiger partial charge in [-0.2, -0.15) is 4.98 Å². The molecule has 6 nitrogen and oxygen atoms in total. The second-order valence-electron chi connectivity index (χ2n) is 4.93. The number of aromatic nitrogens is 2. The van der Waals surface area contributed by atoms with Gasteiger partial charge in [-0.1, -0.05) is 0 Å². The lowest BCUT2D eigenvalue weighted by Gasteiger charge is -2.18. The highest BCUT2D eigenvalue weighted by atomic mass is 16.5. The first-order valence-electron chi connectivity index (χ1n) is 6.30. The van der Waals surface area contributed by atoms with Gasteiger partial charge in [0.2, 0.25) is 5.95 Å². The second-order valence-corrected chi connectivity index (χ2v) is 4.93. The van der Waals surface area contributed by atoms with E-state index in [0.29, 0.717) is 6.61 Å². The van der Waals surface area contributed by atoms with Crippen LogP contribution in [0.5, 0.6) is 0 Å². The third-order valence-electron chi connectivity index (χ3n) is 2.90. The van der Waals surface area contributed by atoms with Crippen molar-refractivity contribution in [3.05, 3.63) is 11.8 Å². The van der Waals surface area contributed by atoms with Crippen molar-refractivity contribution in [1.82, 2.24) is 9.97 Å². The van der Waals surface area contributed by atoms with E-state index < -0.39 is 0 Å². The van der Waals surface area contributed by atoms with Crippen LogP contribution >= 0.6 is 0 Å². The molecule has 4 N–H and O–H groups in total. The predicted molar refractivity (Wildman–Crippen MR) is 71.2 cm³/mol. The summed E-state index contributed by atoms with van der Waals surface area (Å²) in [7, 11) is 0. The minimum atomic E-state index is 0.171. The van der Waals surface area contributed by atoms with Gasteiger partial charge < -0.3 is 21.1 Å². The fourth-order valence-electron chi connectivity index (χ4n) is 1.99. The number of nitrogen functional groups attached to an aromatic ring is 1. The molecule has 0 saturated carbocycles. The van der Waals surface area contributed by atoms with Crippen LogP contribution in [0.1, 0.15) is 26.0 Å². The van der Waals surface area contributed by atoms with Crippen LogP contribution in [0, 0.1) is 0 Å². The number of nitrogens with two attached hydrogens (primary N) is 2. The number of nitrogens with zero attached hydrogens (tertiary/aromatic N) is 3. The first-order chi connectivity index (χ1) is 8.54. The summed E-state index contributed by atoms with van der Waals surface area (Å²) in [5, 5.41) is 0. The summed E-state index contributed by atoms with van der Waals surface area (Å²) in [6, 6.07) is 2.15. The highest BCUT2D eigenvalue weighted by molar-refractivity contribution is 5.44. The highest BCUT2D eigenvalue weighted by Gasteiger charge is 2.21. The Labute approximate surface area is 107 Å². The van der Waals surface area contributed by atoms with Crippen molar-refractivity contribution in [2.24, 2.45) is 5.73 Å². The summed E-state index contributed by atoms with van der Waals surface area (Å²) in [5.41, 5.74) is 12.4. The summed E-state index contributed by atoms with van der Waals surface area (Å²) in [5.74, 6) is 1.13. The monoisotopic (exact) mass is 251 g/mol. The molecule has 0 bridgehead atoms. The molecule has 1 fully saturated rings. The van der Waals surface area contributed by atoms with Crippen LogP contribution in [-0.2, 0) is 11.3 Å². The normalized spacial score (nSPS) is 19.8. The van der Waals surface area contributed by atoms with Crippen molar-refractivity contribution in [2.75, 3.05) is 23.7 Å². The van der Waals surface area contributed by atoms with E-state index >= 15 is 0 Å². The predicted octanol–water partition coefficient (Wildman–Crippen LogP) is 0.521. The average Bonchev–Trinajstić information content (AvgIpc) is 2.72. The van der Waals surface area contributed by atoms with Crippen molar-refractivity contribution in [1.29, 1.82) is 0 Å². The average molecular weight is 251 g/mol. The van der Waals surface area contributed by atoms with Gasteiger partial charge in [-0.15, -0.1) is 0 Å². The van der Waals surface area contributed by atoms with Crippen molar-refractivity contribution in [2.45, 2.75) is 39.0 Å². The molecule has 0 unspecified atom stereocenters. The van der Waals surface area contributed by atoms with Gasteiger partial charge in [0.25, 0.3) is 0 Å². The van der Waals surface area contributed by atoms with Gasteiger partial charge >= 0.3 is 0 Å². The molecule has 1 aliphatic rings. The van der Waals surface area contributed by atoms with Crippen LogP contribution in [0.15, 0.2) is 6.07 Å². The molecule has 18 heavy (non-hydrogen) atoms. The van der Waals surface area contributed by atoms with Crippen LogP contribution in [0.3, 0.4) is 0 Å². The van der Waals surface area contributed by atoms with Crippen molar-refractivity contribution in [3.63, 3.8) is 0 Å². The zero-order valence-corrected chi connectivity index (χ0v) is 11.0. The molecule has 1 saturated heterocycles. The molecule has 2 heterocycles. The Morgan fingerprint density at radius 2 is 2.28 bits per heavy atom. The second kappa shape index (κ2) is 5.49. The molecule has 0 radical (unpaired) electrons. The molecule has 1 aliphatic heterocycles. The summed E-state index contributed by atoms with van der Waals surface area (Å²) in [4.78, 5) is 10.6. The summed E-state index contributed by atoms with van der Waals surface area (Å²) < 4.78 is 5.53. The van der Waals surface area contributed by atoms with E-state index in [1.165, 1.54) is 0 Å². The van der Waals surface area contributed by atoms with E-state index in [1.54, 1.807) is 0 Å². The van der Waals surface area contributed by atoms with Gasteiger partial charge in [-0.25, -0.2) is 4.98 Å². The third-order valence-corrected chi connectivity index (χ3v) is 2.90. The number of ether oxygens (including phenoxy) is 1. The van der Waals surface area contributed by atoms with Gasteiger partial charge in [-0.3, -0.25) is 0 Å². The van der Waals surface area contributed by atoms with E-state index in [-0.39, 0.29) is 18.1 Å². The zero-order valence-electron chi connectivity index (χ0n) is 11.0. The maximum Gasteiger partial charge on any atom is 0.222 e. The minimum absolute atomic E-state index is 0.171. The first kappa shape index (κ1) is 13.0. The molecule has 100 valence electrons. The van der Waals surface area contributed by atoms with E-state index in [1.807, 2.05) is 19.9 Å². The van der Waals surface area contributed by atoms with Gasteiger partial charge in [0, 0.05) is 25.2 Å². The first-order valence-corrected chi connectivity index (χ1v) is 6.30. The maximum absolute atomic E-state index is 5.90. The quantitative estimate of drug-likeness (QED) is 0.811. The number of hydrogen-bond donors (Lipinski definition) is 2. The lowest BCUT2D eigenvalue weighted by Crippen LogP contribution is -2.27. The molecule has 2 rings (SSSR count). The van der Waals surface area contributed by atoms with E-state index in [2.05, 4.69) is 14.9 Å². The maximum atomic E-state index is 5.90. The Morgan fingerprint density at radius 3 is 2.89 bits per heavy atom. The van der Waals surface area contributed by atoms with E-state index in [4.69, 9.17) is 16.2 Å². The number of anilines is 2. The van der Waals surface area contributed by atoms with Gasteiger partial charge in [0.1, 0.15) is 5.82 Å². The Bertz CT molecular complexity index is 409. The molecule has 1 aromatic rings. The molecule has 6 heteroatoms. The molecule has 0 aromatic carbocycles. The molecular weight excluding hydrogens is 230 g/mol. The Morgan fingerprint density at radius 1 is 1.50 bits per heavy atom. The lowest BCUT2D eigenvalue weighted by molar-refractivity contribution is 0.0636. The molecular formula is C12H21N5O. The van der Waals surface area contributed by atoms with Gasteiger partial charge in [-0.05, 0) is 20.3 Å². The third kappa shape index (κ3) is 3.30.